The average molecular weight is 206 g/mol. The Bertz CT molecular complexity index is 443. The standard InChI is InChI=1S/C12H14OS/c1-8(13)5-10-3-4-11-6-9(2)14-12(11)7-10/h3-4,6-8,13H,5H2,1-2H3. The summed E-state index contributed by atoms with van der Waals surface area (Å²) in [5.74, 6) is 0. The summed E-state index contributed by atoms with van der Waals surface area (Å²) in [5, 5.41) is 10.6. The lowest BCUT2D eigenvalue weighted by Gasteiger charge is -2.03. The van der Waals surface area contributed by atoms with Crippen molar-refractivity contribution in [1.29, 1.82) is 0 Å². The van der Waals surface area contributed by atoms with Crippen LogP contribution in [0.1, 0.15) is 17.4 Å². The fraction of sp³-hybridized carbons (Fsp3) is 0.333. The normalized spacial score (nSPS) is 13.4. The molecule has 0 spiro atoms. The first-order valence-electron chi connectivity index (χ1n) is 4.82. The van der Waals surface area contributed by atoms with Crippen molar-refractivity contribution >= 4 is 21.4 Å². The Morgan fingerprint density at radius 3 is 2.86 bits per heavy atom. The number of aliphatic hydroxyl groups excluding tert-OH is 1. The molecule has 1 unspecified atom stereocenters. The number of aliphatic hydroxyl groups is 1. The zero-order valence-electron chi connectivity index (χ0n) is 8.45. The Hall–Kier alpha value is -0.860. The van der Waals surface area contributed by atoms with Crippen LogP contribution in [0.4, 0.5) is 0 Å². The fourth-order valence-electron chi connectivity index (χ4n) is 1.68. The molecule has 1 atom stereocenters. The van der Waals surface area contributed by atoms with E-state index in [4.69, 9.17) is 0 Å². The summed E-state index contributed by atoms with van der Waals surface area (Å²) in [6, 6.07) is 8.61. The minimum absolute atomic E-state index is 0.256. The lowest BCUT2D eigenvalue weighted by Crippen LogP contribution is -2.03. The van der Waals surface area contributed by atoms with Crippen LogP contribution in [0.15, 0.2) is 24.3 Å². The molecule has 2 heteroatoms. The van der Waals surface area contributed by atoms with Crippen LogP contribution in [0.2, 0.25) is 0 Å². The van der Waals surface area contributed by atoms with Crippen LogP contribution in [-0.2, 0) is 6.42 Å². The number of benzene rings is 1. The average Bonchev–Trinajstić information content (AvgIpc) is 2.42. The molecule has 0 radical (unpaired) electrons. The lowest BCUT2D eigenvalue weighted by molar-refractivity contribution is 0.195. The third-order valence-corrected chi connectivity index (χ3v) is 3.25. The van der Waals surface area contributed by atoms with Gasteiger partial charge in [0.1, 0.15) is 0 Å². The molecule has 2 rings (SSSR count). The van der Waals surface area contributed by atoms with E-state index in [0.29, 0.717) is 0 Å². The molecule has 0 saturated heterocycles. The number of thiophene rings is 1. The van der Waals surface area contributed by atoms with E-state index in [0.717, 1.165) is 6.42 Å². The fourth-order valence-corrected chi connectivity index (χ4v) is 2.66. The monoisotopic (exact) mass is 206 g/mol. The molecule has 1 nitrogen and oxygen atoms in total. The van der Waals surface area contributed by atoms with Crippen LogP contribution >= 0.6 is 11.3 Å². The molecule has 1 aromatic carbocycles. The summed E-state index contributed by atoms with van der Waals surface area (Å²) in [6.07, 6.45) is 0.487. The first kappa shape index (κ1) is 9.69. The van der Waals surface area contributed by atoms with Crippen LogP contribution < -0.4 is 0 Å². The van der Waals surface area contributed by atoms with Crippen LogP contribution in [0.25, 0.3) is 10.1 Å². The third-order valence-electron chi connectivity index (χ3n) is 2.24. The van der Waals surface area contributed by atoms with Crippen LogP contribution in [0.3, 0.4) is 0 Å². The second kappa shape index (κ2) is 3.71. The van der Waals surface area contributed by atoms with Gasteiger partial charge in [0.05, 0.1) is 6.10 Å². The minimum Gasteiger partial charge on any atom is -0.393 e. The van der Waals surface area contributed by atoms with E-state index in [1.54, 1.807) is 0 Å². The number of fused-ring (bicyclic) bond motifs is 1. The first-order chi connectivity index (χ1) is 6.65. The Labute approximate surface area is 88.0 Å². The van der Waals surface area contributed by atoms with Crippen molar-refractivity contribution in [2.45, 2.75) is 26.4 Å². The second-order valence-electron chi connectivity index (χ2n) is 3.78. The maximum absolute atomic E-state index is 9.29. The number of rotatable bonds is 2. The van der Waals surface area contributed by atoms with Crippen molar-refractivity contribution in [3.63, 3.8) is 0 Å². The van der Waals surface area contributed by atoms with Crippen LogP contribution in [-0.4, -0.2) is 11.2 Å². The van der Waals surface area contributed by atoms with Gasteiger partial charge in [-0.05, 0) is 43.4 Å². The number of hydrogen-bond acceptors (Lipinski definition) is 2. The van der Waals surface area contributed by atoms with Gasteiger partial charge in [0.25, 0.3) is 0 Å². The maximum Gasteiger partial charge on any atom is 0.0552 e. The predicted octanol–water partition coefficient (Wildman–Crippen LogP) is 3.13. The molecule has 2 aromatic rings. The second-order valence-corrected chi connectivity index (χ2v) is 5.07. The van der Waals surface area contributed by atoms with Crippen molar-refractivity contribution in [2.24, 2.45) is 0 Å². The van der Waals surface area contributed by atoms with Gasteiger partial charge in [0, 0.05) is 9.58 Å². The molecular weight excluding hydrogens is 192 g/mol. The number of aryl methyl sites for hydroxylation is 1. The van der Waals surface area contributed by atoms with E-state index in [2.05, 4.69) is 31.2 Å². The zero-order valence-corrected chi connectivity index (χ0v) is 9.27. The molecule has 1 heterocycles. The highest BCUT2D eigenvalue weighted by Gasteiger charge is 2.02. The minimum atomic E-state index is -0.256. The Morgan fingerprint density at radius 1 is 1.36 bits per heavy atom. The highest BCUT2D eigenvalue weighted by molar-refractivity contribution is 7.19. The smallest absolute Gasteiger partial charge is 0.0552 e. The summed E-state index contributed by atoms with van der Waals surface area (Å²) in [6.45, 7) is 3.95. The molecular formula is C12H14OS. The molecule has 74 valence electrons. The predicted molar refractivity (Wildman–Crippen MR) is 61.9 cm³/mol. The lowest BCUT2D eigenvalue weighted by atomic mass is 10.1. The van der Waals surface area contributed by atoms with Gasteiger partial charge in [-0.25, -0.2) is 0 Å². The molecule has 14 heavy (non-hydrogen) atoms. The van der Waals surface area contributed by atoms with E-state index in [9.17, 15) is 5.11 Å². The Balaban J connectivity index is 2.40. The van der Waals surface area contributed by atoms with E-state index >= 15 is 0 Å². The number of hydrogen-bond donors (Lipinski definition) is 1. The summed E-state index contributed by atoms with van der Waals surface area (Å²) in [5.41, 5.74) is 1.22. The van der Waals surface area contributed by atoms with Crippen molar-refractivity contribution in [1.82, 2.24) is 0 Å². The molecule has 1 aromatic heterocycles. The van der Waals surface area contributed by atoms with Gasteiger partial charge in [0.15, 0.2) is 0 Å². The van der Waals surface area contributed by atoms with E-state index < -0.39 is 0 Å². The van der Waals surface area contributed by atoms with Crippen molar-refractivity contribution < 1.29 is 5.11 Å². The van der Waals surface area contributed by atoms with Crippen LogP contribution in [0.5, 0.6) is 0 Å². The SMILES string of the molecule is Cc1cc2ccc(CC(C)O)cc2s1. The van der Waals surface area contributed by atoms with Crippen molar-refractivity contribution in [3.8, 4) is 0 Å². The molecule has 0 bridgehead atoms. The zero-order chi connectivity index (χ0) is 10.1. The largest absolute Gasteiger partial charge is 0.393 e. The summed E-state index contributed by atoms with van der Waals surface area (Å²) in [7, 11) is 0. The molecule has 0 fully saturated rings. The van der Waals surface area contributed by atoms with Gasteiger partial charge in [-0.15, -0.1) is 11.3 Å². The molecule has 0 aliphatic carbocycles. The molecule has 0 saturated carbocycles. The van der Waals surface area contributed by atoms with E-state index in [-0.39, 0.29) is 6.10 Å². The van der Waals surface area contributed by atoms with Gasteiger partial charge in [0.2, 0.25) is 0 Å². The quantitative estimate of drug-likeness (QED) is 0.800. The molecule has 0 aliphatic heterocycles. The summed E-state index contributed by atoms with van der Waals surface area (Å²) < 4.78 is 1.32. The third kappa shape index (κ3) is 1.97. The molecule has 1 N–H and O–H groups in total. The first-order valence-corrected chi connectivity index (χ1v) is 5.64. The van der Waals surface area contributed by atoms with Gasteiger partial charge in [-0.1, -0.05) is 12.1 Å². The van der Waals surface area contributed by atoms with E-state index in [1.807, 2.05) is 18.3 Å². The van der Waals surface area contributed by atoms with Crippen LogP contribution in [0, 0.1) is 6.92 Å². The topological polar surface area (TPSA) is 20.2 Å². The summed E-state index contributed by atoms with van der Waals surface area (Å²) >= 11 is 1.81. The van der Waals surface area contributed by atoms with Gasteiger partial charge in [-0.3, -0.25) is 0 Å². The van der Waals surface area contributed by atoms with Gasteiger partial charge < -0.3 is 5.11 Å². The van der Waals surface area contributed by atoms with Gasteiger partial charge in [-0.2, -0.15) is 0 Å². The van der Waals surface area contributed by atoms with Crippen molar-refractivity contribution in [3.05, 3.63) is 34.7 Å². The van der Waals surface area contributed by atoms with E-state index in [1.165, 1.54) is 20.5 Å². The summed E-state index contributed by atoms with van der Waals surface area (Å²) in [4.78, 5) is 1.34. The maximum atomic E-state index is 9.29. The highest BCUT2D eigenvalue weighted by Crippen LogP contribution is 2.26. The van der Waals surface area contributed by atoms with Crippen molar-refractivity contribution in [2.75, 3.05) is 0 Å². The Morgan fingerprint density at radius 2 is 2.14 bits per heavy atom. The van der Waals surface area contributed by atoms with Gasteiger partial charge >= 0.3 is 0 Å². The molecule has 0 aliphatic rings. The molecule has 0 amide bonds. The Kier molecular flexibility index (Phi) is 2.57. The highest BCUT2D eigenvalue weighted by atomic mass is 32.1.